The van der Waals surface area contributed by atoms with Crippen LogP contribution in [0.2, 0.25) is 5.02 Å². The van der Waals surface area contributed by atoms with Crippen molar-refractivity contribution in [2.45, 2.75) is 25.9 Å². The third-order valence-corrected chi connectivity index (χ3v) is 4.79. The molecule has 2 aromatic rings. The van der Waals surface area contributed by atoms with E-state index in [1.54, 1.807) is 12.1 Å². The van der Waals surface area contributed by atoms with Gasteiger partial charge in [-0.25, -0.2) is 0 Å². The zero-order chi connectivity index (χ0) is 16.2. The van der Waals surface area contributed by atoms with Crippen LogP contribution in [0.15, 0.2) is 48.5 Å². The van der Waals surface area contributed by atoms with Gasteiger partial charge in [0, 0.05) is 25.7 Å². The van der Waals surface area contributed by atoms with Crippen LogP contribution in [0.1, 0.15) is 28.4 Å². The van der Waals surface area contributed by atoms with Gasteiger partial charge >= 0.3 is 0 Å². The highest BCUT2D eigenvalue weighted by molar-refractivity contribution is 6.33. The first kappa shape index (κ1) is 16.0. The predicted molar refractivity (Wildman–Crippen MR) is 93.8 cm³/mol. The van der Waals surface area contributed by atoms with E-state index in [9.17, 15) is 4.79 Å². The van der Waals surface area contributed by atoms with E-state index in [0.717, 1.165) is 19.5 Å². The second-order valence-electron chi connectivity index (χ2n) is 6.03. The summed E-state index contributed by atoms with van der Waals surface area (Å²) >= 11 is 6.07. The molecule has 3 nitrogen and oxygen atoms in total. The first-order valence-electron chi connectivity index (χ1n) is 7.98. The molecule has 0 saturated heterocycles. The minimum absolute atomic E-state index is 0.111. The smallest absolute Gasteiger partial charge is 0.252 e. The van der Waals surface area contributed by atoms with Crippen molar-refractivity contribution in [1.29, 1.82) is 0 Å². The molecular formula is C19H21ClN2O. The van der Waals surface area contributed by atoms with Gasteiger partial charge in [-0.05, 0) is 36.6 Å². The monoisotopic (exact) mass is 328 g/mol. The molecule has 1 aliphatic rings. The number of halogens is 1. The Morgan fingerprint density at radius 3 is 2.65 bits per heavy atom. The second kappa shape index (κ2) is 7.16. The summed E-state index contributed by atoms with van der Waals surface area (Å²) in [5.41, 5.74) is 3.37. The number of carbonyl (C=O) groups excluding carboxylic acids is 1. The Morgan fingerprint density at radius 1 is 1.17 bits per heavy atom. The molecule has 0 fully saturated rings. The first-order chi connectivity index (χ1) is 11.1. The number of rotatable bonds is 4. The zero-order valence-corrected chi connectivity index (χ0v) is 14.0. The fourth-order valence-corrected chi connectivity index (χ4v) is 3.23. The number of hydrogen-bond acceptors (Lipinski definition) is 2. The van der Waals surface area contributed by atoms with Crippen LogP contribution in [-0.4, -0.2) is 29.9 Å². The van der Waals surface area contributed by atoms with E-state index in [-0.39, 0.29) is 11.9 Å². The van der Waals surface area contributed by atoms with E-state index in [2.05, 4.69) is 41.4 Å². The molecule has 1 atom stereocenters. The van der Waals surface area contributed by atoms with Crippen LogP contribution in [0, 0.1) is 0 Å². The summed E-state index contributed by atoms with van der Waals surface area (Å²) in [5, 5.41) is 3.49. The molecule has 0 spiro atoms. The summed E-state index contributed by atoms with van der Waals surface area (Å²) < 4.78 is 0. The largest absolute Gasteiger partial charge is 0.350 e. The second-order valence-corrected chi connectivity index (χ2v) is 6.44. The third-order valence-electron chi connectivity index (χ3n) is 4.46. The Kier molecular flexibility index (Phi) is 4.99. The van der Waals surface area contributed by atoms with Crippen molar-refractivity contribution in [2.75, 3.05) is 13.1 Å². The van der Waals surface area contributed by atoms with Crippen LogP contribution >= 0.6 is 11.6 Å². The Bertz CT molecular complexity index is 701. The van der Waals surface area contributed by atoms with Crippen molar-refractivity contribution in [3.63, 3.8) is 0 Å². The third kappa shape index (κ3) is 3.74. The maximum Gasteiger partial charge on any atom is 0.252 e. The Labute approximate surface area is 142 Å². The molecule has 0 saturated carbocycles. The fourth-order valence-electron chi connectivity index (χ4n) is 3.00. The summed E-state index contributed by atoms with van der Waals surface area (Å²) in [4.78, 5) is 14.6. The first-order valence-corrected chi connectivity index (χ1v) is 8.36. The lowest BCUT2D eigenvalue weighted by atomic mass is 9.99. The van der Waals surface area contributed by atoms with E-state index in [1.165, 1.54) is 11.1 Å². The number of fused-ring (bicyclic) bond motifs is 1. The number of amides is 1. The predicted octanol–water partition coefficient (Wildman–Crippen LogP) is 3.52. The van der Waals surface area contributed by atoms with Crippen molar-refractivity contribution < 1.29 is 4.79 Å². The molecule has 23 heavy (non-hydrogen) atoms. The summed E-state index contributed by atoms with van der Waals surface area (Å²) in [6, 6.07) is 16.0. The summed E-state index contributed by atoms with van der Waals surface area (Å²) in [5.74, 6) is -0.111. The van der Waals surface area contributed by atoms with Crippen molar-refractivity contribution in [3.05, 3.63) is 70.2 Å². The molecule has 3 rings (SSSR count). The minimum atomic E-state index is -0.111. The highest BCUT2D eigenvalue weighted by Crippen LogP contribution is 2.20. The van der Waals surface area contributed by atoms with Gasteiger partial charge in [-0.3, -0.25) is 9.69 Å². The van der Waals surface area contributed by atoms with Gasteiger partial charge < -0.3 is 5.32 Å². The Hall–Kier alpha value is -1.84. The highest BCUT2D eigenvalue weighted by Gasteiger charge is 2.21. The van der Waals surface area contributed by atoms with Crippen molar-refractivity contribution in [2.24, 2.45) is 0 Å². The molecular weight excluding hydrogens is 308 g/mol. The summed E-state index contributed by atoms with van der Waals surface area (Å²) in [6.45, 7) is 4.74. The molecule has 4 heteroatoms. The molecule has 1 N–H and O–H groups in total. The number of carbonyl (C=O) groups is 1. The average Bonchev–Trinajstić information content (AvgIpc) is 2.59. The van der Waals surface area contributed by atoms with Crippen LogP contribution in [0.25, 0.3) is 0 Å². The van der Waals surface area contributed by atoms with E-state index in [0.29, 0.717) is 17.1 Å². The van der Waals surface area contributed by atoms with Gasteiger partial charge in [0.05, 0.1) is 10.6 Å². The summed E-state index contributed by atoms with van der Waals surface area (Å²) in [6.07, 6.45) is 1.07. The lowest BCUT2D eigenvalue weighted by Gasteiger charge is -2.33. The molecule has 1 amide bonds. The maximum absolute atomic E-state index is 12.2. The van der Waals surface area contributed by atoms with E-state index >= 15 is 0 Å². The van der Waals surface area contributed by atoms with Gasteiger partial charge in [0.25, 0.3) is 5.91 Å². The quantitative estimate of drug-likeness (QED) is 0.931. The molecule has 0 aliphatic carbocycles. The van der Waals surface area contributed by atoms with Gasteiger partial charge in [0.2, 0.25) is 0 Å². The lowest BCUT2D eigenvalue weighted by Crippen LogP contribution is -2.44. The van der Waals surface area contributed by atoms with Gasteiger partial charge in [0.15, 0.2) is 0 Å². The van der Waals surface area contributed by atoms with Gasteiger partial charge in [-0.2, -0.15) is 0 Å². The lowest BCUT2D eigenvalue weighted by molar-refractivity contribution is 0.0932. The Morgan fingerprint density at radius 2 is 1.87 bits per heavy atom. The number of hydrogen-bond donors (Lipinski definition) is 1. The van der Waals surface area contributed by atoms with Gasteiger partial charge in [0.1, 0.15) is 0 Å². The molecule has 0 radical (unpaired) electrons. The van der Waals surface area contributed by atoms with E-state index < -0.39 is 0 Å². The van der Waals surface area contributed by atoms with Crippen molar-refractivity contribution >= 4 is 17.5 Å². The highest BCUT2D eigenvalue weighted by atomic mass is 35.5. The molecule has 0 bridgehead atoms. The molecule has 1 aliphatic heterocycles. The van der Waals surface area contributed by atoms with E-state index in [4.69, 9.17) is 11.6 Å². The number of nitrogens with zero attached hydrogens (tertiary/aromatic N) is 1. The van der Waals surface area contributed by atoms with Crippen LogP contribution < -0.4 is 5.32 Å². The van der Waals surface area contributed by atoms with Crippen molar-refractivity contribution in [1.82, 2.24) is 10.2 Å². The molecule has 1 heterocycles. The summed E-state index contributed by atoms with van der Waals surface area (Å²) in [7, 11) is 0. The number of benzene rings is 2. The standard InChI is InChI=1S/C19H21ClN2O/c1-14(12-21-19(23)17-8-4-5-9-18(17)20)22-11-10-15-6-2-3-7-16(15)13-22/h2-9,14H,10-13H2,1H3,(H,21,23). The van der Waals surface area contributed by atoms with Gasteiger partial charge in [-0.15, -0.1) is 0 Å². The number of nitrogens with one attached hydrogen (secondary N) is 1. The Balaban J connectivity index is 1.57. The molecule has 2 aromatic carbocycles. The SMILES string of the molecule is CC(CNC(=O)c1ccccc1Cl)N1CCc2ccccc2C1. The van der Waals surface area contributed by atoms with Crippen LogP contribution in [0.4, 0.5) is 0 Å². The normalized spacial score (nSPS) is 15.7. The zero-order valence-electron chi connectivity index (χ0n) is 13.3. The molecule has 120 valence electrons. The molecule has 0 aromatic heterocycles. The average molecular weight is 329 g/mol. The van der Waals surface area contributed by atoms with E-state index in [1.807, 2.05) is 12.1 Å². The van der Waals surface area contributed by atoms with Crippen LogP contribution in [-0.2, 0) is 13.0 Å². The van der Waals surface area contributed by atoms with Crippen molar-refractivity contribution in [3.8, 4) is 0 Å². The van der Waals surface area contributed by atoms with Crippen LogP contribution in [0.3, 0.4) is 0 Å². The molecule has 1 unspecified atom stereocenters. The topological polar surface area (TPSA) is 32.3 Å². The van der Waals surface area contributed by atoms with Gasteiger partial charge in [-0.1, -0.05) is 48.0 Å². The maximum atomic E-state index is 12.2. The minimum Gasteiger partial charge on any atom is -0.350 e. The van der Waals surface area contributed by atoms with Crippen LogP contribution in [0.5, 0.6) is 0 Å². The fraction of sp³-hybridized carbons (Fsp3) is 0.316.